The third kappa shape index (κ3) is 2.07. The number of benzene rings is 1. The molecule has 0 fully saturated rings. The number of aryl methyl sites for hydroxylation is 1. The molecule has 0 aliphatic heterocycles. The van der Waals surface area contributed by atoms with Gasteiger partial charge in [-0.25, -0.2) is 0 Å². The molecule has 2 aromatic rings. The van der Waals surface area contributed by atoms with Gasteiger partial charge in [0.15, 0.2) is 0 Å². The highest BCUT2D eigenvalue weighted by Gasteiger charge is 2.07. The Labute approximate surface area is 96.5 Å². The van der Waals surface area contributed by atoms with E-state index < -0.39 is 0 Å². The zero-order valence-electron chi connectivity index (χ0n) is 9.90. The maximum absolute atomic E-state index is 5.77. The van der Waals surface area contributed by atoms with Crippen molar-refractivity contribution in [3.05, 3.63) is 41.6 Å². The van der Waals surface area contributed by atoms with Gasteiger partial charge in [-0.3, -0.25) is 4.98 Å². The minimum Gasteiger partial charge on any atom is -0.330 e. The van der Waals surface area contributed by atoms with Crippen LogP contribution in [0.15, 0.2) is 30.5 Å². The molecule has 16 heavy (non-hydrogen) atoms. The number of pyridine rings is 1. The average molecular weight is 214 g/mol. The summed E-state index contributed by atoms with van der Waals surface area (Å²) in [6.07, 6.45) is 2.99. The lowest BCUT2D eigenvalue weighted by Crippen LogP contribution is -2.11. The van der Waals surface area contributed by atoms with Crippen LogP contribution in [-0.4, -0.2) is 11.5 Å². The highest BCUT2D eigenvalue weighted by atomic mass is 14.6. The average Bonchev–Trinajstić information content (AvgIpc) is 2.30. The molecular formula is C14H18N2. The molecular weight excluding hydrogens is 196 g/mol. The quantitative estimate of drug-likeness (QED) is 0.853. The predicted molar refractivity (Wildman–Crippen MR) is 68.6 cm³/mol. The van der Waals surface area contributed by atoms with Crippen LogP contribution in [0.3, 0.4) is 0 Å². The largest absolute Gasteiger partial charge is 0.330 e. The fraction of sp³-hybridized carbons (Fsp3) is 0.357. The van der Waals surface area contributed by atoms with Crippen molar-refractivity contribution in [1.82, 2.24) is 4.98 Å². The fourth-order valence-corrected chi connectivity index (χ4v) is 2.05. The van der Waals surface area contributed by atoms with Gasteiger partial charge in [0.05, 0.1) is 5.52 Å². The number of nitrogens with two attached hydrogens (primary N) is 1. The Morgan fingerprint density at radius 2 is 2.12 bits per heavy atom. The smallest absolute Gasteiger partial charge is 0.0702 e. The highest BCUT2D eigenvalue weighted by molar-refractivity contribution is 5.79. The predicted octanol–water partition coefficient (Wildman–Crippen LogP) is 3.00. The third-order valence-corrected chi connectivity index (χ3v) is 3.09. The Bertz CT molecular complexity index is 487. The van der Waals surface area contributed by atoms with Crippen LogP contribution in [0, 0.1) is 6.92 Å². The lowest BCUT2D eigenvalue weighted by Gasteiger charge is -2.13. The van der Waals surface area contributed by atoms with E-state index in [1.54, 1.807) is 0 Å². The van der Waals surface area contributed by atoms with Gasteiger partial charge in [0.25, 0.3) is 0 Å². The van der Waals surface area contributed by atoms with Crippen molar-refractivity contribution >= 4 is 10.9 Å². The summed E-state index contributed by atoms with van der Waals surface area (Å²) in [5.74, 6) is 0.463. The molecule has 1 aromatic carbocycles. The topological polar surface area (TPSA) is 38.9 Å². The second-order valence-corrected chi connectivity index (χ2v) is 4.31. The maximum atomic E-state index is 5.77. The summed E-state index contributed by atoms with van der Waals surface area (Å²) >= 11 is 0. The second-order valence-electron chi connectivity index (χ2n) is 4.31. The van der Waals surface area contributed by atoms with Crippen molar-refractivity contribution in [2.24, 2.45) is 5.73 Å². The van der Waals surface area contributed by atoms with Gasteiger partial charge >= 0.3 is 0 Å². The molecule has 2 heteroatoms. The van der Waals surface area contributed by atoms with Crippen LogP contribution in [0.25, 0.3) is 10.9 Å². The van der Waals surface area contributed by atoms with Crippen LogP contribution in [0.1, 0.15) is 30.4 Å². The molecule has 2 N–H and O–H groups in total. The fourth-order valence-electron chi connectivity index (χ4n) is 2.05. The van der Waals surface area contributed by atoms with Crippen molar-refractivity contribution in [3.8, 4) is 0 Å². The number of fused-ring (bicyclic) bond motifs is 1. The summed E-state index contributed by atoms with van der Waals surface area (Å²) in [6, 6.07) is 8.62. The van der Waals surface area contributed by atoms with Crippen molar-refractivity contribution in [1.29, 1.82) is 0 Å². The summed E-state index contributed by atoms with van der Waals surface area (Å²) < 4.78 is 0. The molecule has 1 unspecified atom stereocenters. The van der Waals surface area contributed by atoms with E-state index in [9.17, 15) is 0 Å². The Morgan fingerprint density at radius 3 is 2.81 bits per heavy atom. The van der Waals surface area contributed by atoms with Gasteiger partial charge in [0, 0.05) is 11.6 Å². The number of rotatable bonds is 3. The van der Waals surface area contributed by atoms with E-state index in [1.165, 1.54) is 16.5 Å². The summed E-state index contributed by atoms with van der Waals surface area (Å²) in [5.41, 5.74) is 9.35. The SMILES string of the molecule is CCC(CN)c1ccc2ncc(C)cc2c1. The van der Waals surface area contributed by atoms with Gasteiger partial charge in [-0.2, -0.15) is 0 Å². The second kappa shape index (κ2) is 4.62. The Hall–Kier alpha value is -1.41. The molecule has 1 atom stereocenters. The maximum Gasteiger partial charge on any atom is 0.0702 e. The first-order chi connectivity index (χ1) is 7.74. The Balaban J connectivity index is 2.49. The van der Waals surface area contributed by atoms with Crippen molar-refractivity contribution < 1.29 is 0 Å². The van der Waals surface area contributed by atoms with Crippen molar-refractivity contribution in [3.63, 3.8) is 0 Å². The van der Waals surface area contributed by atoms with E-state index in [1.807, 2.05) is 6.20 Å². The number of hydrogen-bond acceptors (Lipinski definition) is 2. The van der Waals surface area contributed by atoms with Gasteiger partial charge in [0.2, 0.25) is 0 Å². The minimum absolute atomic E-state index is 0.463. The van der Waals surface area contributed by atoms with Crippen LogP contribution in [0.2, 0.25) is 0 Å². The molecule has 0 saturated carbocycles. The normalized spacial score (nSPS) is 12.9. The van der Waals surface area contributed by atoms with Crippen molar-refractivity contribution in [2.45, 2.75) is 26.2 Å². The summed E-state index contributed by atoms with van der Waals surface area (Å²) in [7, 11) is 0. The number of hydrogen-bond donors (Lipinski definition) is 1. The van der Waals surface area contributed by atoms with E-state index in [0.717, 1.165) is 11.9 Å². The first-order valence-corrected chi connectivity index (χ1v) is 5.81. The molecule has 0 amide bonds. The van der Waals surface area contributed by atoms with Crippen LogP contribution >= 0.6 is 0 Å². The number of aromatic nitrogens is 1. The molecule has 2 nitrogen and oxygen atoms in total. The monoisotopic (exact) mass is 214 g/mol. The van der Waals surface area contributed by atoms with Gasteiger partial charge in [-0.15, -0.1) is 0 Å². The molecule has 0 radical (unpaired) electrons. The van der Waals surface area contributed by atoms with E-state index in [0.29, 0.717) is 12.5 Å². The molecule has 0 bridgehead atoms. The van der Waals surface area contributed by atoms with Gasteiger partial charge < -0.3 is 5.73 Å². The van der Waals surface area contributed by atoms with Gasteiger partial charge in [-0.1, -0.05) is 13.0 Å². The van der Waals surface area contributed by atoms with Crippen molar-refractivity contribution in [2.75, 3.05) is 6.54 Å². The molecule has 1 heterocycles. The minimum atomic E-state index is 0.463. The molecule has 84 valence electrons. The van der Waals surface area contributed by atoms with Crippen LogP contribution in [0.4, 0.5) is 0 Å². The summed E-state index contributed by atoms with van der Waals surface area (Å²) in [5, 5.41) is 1.21. The first-order valence-electron chi connectivity index (χ1n) is 5.81. The van der Waals surface area contributed by atoms with Crippen LogP contribution in [-0.2, 0) is 0 Å². The van der Waals surface area contributed by atoms with Gasteiger partial charge in [-0.05, 0) is 55.1 Å². The van der Waals surface area contributed by atoms with E-state index in [-0.39, 0.29) is 0 Å². The number of nitrogens with zero attached hydrogens (tertiary/aromatic N) is 1. The highest BCUT2D eigenvalue weighted by Crippen LogP contribution is 2.22. The summed E-state index contributed by atoms with van der Waals surface area (Å²) in [6.45, 7) is 4.96. The molecule has 0 aliphatic carbocycles. The molecule has 1 aromatic heterocycles. The van der Waals surface area contributed by atoms with E-state index >= 15 is 0 Å². The molecule has 0 aliphatic rings. The van der Waals surface area contributed by atoms with E-state index in [4.69, 9.17) is 5.73 Å². The lowest BCUT2D eigenvalue weighted by molar-refractivity contribution is 0.675. The lowest BCUT2D eigenvalue weighted by atomic mass is 9.95. The van der Waals surface area contributed by atoms with Gasteiger partial charge in [0.1, 0.15) is 0 Å². The van der Waals surface area contributed by atoms with E-state index in [2.05, 4.69) is 43.1 Å². The van der Waals surface area contributed by atoms with Crippen LogP contribution in [0.5, 0.6) is 0 Å². The molecule has 0 spiro atoms. The zero-order valence-corrected chi connectivity index (χ0v) is 9.90. The summed E-state index contributed by atoms with van der Waals surface area (Å²) in [4.78, 5) is 4.40. The Kier molecular flexibility index (Phi) is 3.20. The third-order valence-electron chi connectivity index (χ3n) is 3.09. The standard InChI is InChI=1S/C14H18N2/c1-3-11(8-15)12-4-5-14-13(7-12)6-10(2)9-16-14/h4-7,9,11H,3,8,15H2,1-2H3. The zero-order chi connectivity index (χ0) is 11.5. The first kappa shape index (κ1) is 11.1. The van der Waals surface area contributed by atoms with Crippen LogP contribution < -0.4 is 5.73 Å². The molecule has 2 rings (SSSR count). The molecule has 0 saturated heterocycles. The Morgan fingerprint density at radius 1 is 1.31 bits per heavy atom.